The zero-order valence-corrected chi connectivity index (χ0v) is 19.8. The highest BCUT2D eigenvalue weighted by atomic mass is 19.3. The molecule has 192 valence electrons. The number of urea groups is 1. The number of carbonyl (C=O) groups is 1. The molecule has 0 radical (unpaired) electrons. The highest BCUT2D eigenvalue weighted by Crippen LogP contribution is 2.39. The highest BCUT2D eigenvalue weighted by Gasteiger charge is 2.33. The lowest BCUT2D eigenvalue weighted by Crippen LogP contribution is -2.45. The molecule has 9 nitrogen and oxygen atoms in total. The lowest BCUT2D eigenvalue weighted by atomic mass is 10.1. The third-order valence-corrected chi connectivity index (χ3v) is 5.87. The average Bonchev–Trinajstić information content (AvgIpc) is 3.32. The van der Waals surface area contributed by atoms with Crippen LogP contribution in [0.15, 0.2) is 60.9 Å². The maximum Gasteiger partial charge on any atom is 0.333 e. The van der Waals surface area contributed by atoms with Gasteiger partial charge in [-0.15, -0.1) is 0 Å². The first kappa shape index (κ1) is 20.9. The lowest BCUT2D eigenvalue weighted by Gasteiger charge is -2.37. The van der Waals surface area contributed by atoms with Gasteiger partial charge in [0.25, 0.3) is 6.43 Å². The normalized spacial score (nSPS) is 14.9. The van der Waals surface area contributed by atoms with Gasteiger partial charge >= 0.3 is 6.03 Å². The van der Waals surface area contributed by atoms with Gasteiger partial charge in [0, 0.05) is 42.2 Å². The second kappa shape index (κ2) is 10.4. The van der Waals surface area contributed by atoms with Gasteiger partial charge in [0.05, 0.1) is 47.7 Å². The van der Waals surface area contributed by atoms with E-state index in [-0.39, 0.29) is 18.2 Å². The summed E-state index contributed by atoms with van der Waals surface area (Å²) in [7, 11) is -1.02. The first-order valence-electron chi connectivity index (χ1n) is 12.9. The van der Waals surface area contributed by atoms with Crippen LogP contribution >= 0.6 is 0 Å². The molecule has 0 spiro atoms. The van der Waals surface area contributed by atoms with Crippen LogP contribution in [0.5, 0.6) is 11.6 Å². The fourth-order valence-electron chi connectivity index (χ4n) is 4.12. The van der Waals surface area contributed by atoms with Crippen molar-refractivity contribution < 1.29 is 31.9 Å². The molecule has 37 heavy (non-hydrogen) atoms. The molecule has 2 amide bonds. The summed E-state index contributed by atoms with van der Waals surface area (Å²) < 4.78 is 64.3. The average molecular weight is 513 g/mol. The minimum atomic E-state index is -2.69. The Bertz CT molecular complexity index is 1510. The van der Waals surface area contributed by atoms with Crippen molar-refractivity contribution in [2.75, 3.05) is 37.2 Å². The van der Waals surface area contributed by atoms with Crippen LogP contribution in [0, 0.1) is 0 Å². The van der Waals surface area contributed by atoms with Gasteiger partial charge in [-0.1, -0.05) is 0 Å². The van der Waals surface area contributed by atoms with Crippen molar-refractivity contribution >= 4 is 34.0 Å². The molecule has 2 aromatic carbocycles. The quantitative estimate of drug-likeness (QED) is 0.314. The Balaban J connectivity index is 1.52. The van der Waals surface area contributed by atoms with Crippen molar-refractivity contribution in [3.8, 4) is 11.6 Å². The molecule has 1 aliphatic heterocycles. The van der Waals surface area contributed by atoms with Gasteiger partial charge < -0.3 is 14.2 Å². The molecule has 0 unspecified atom stereocenters. The SMILES string of the molecule is [2H]C([2H])([2H])Oc1ccc(N2C(=O)N(c3ccc4nn(CCOC)cc4c3)Cc3cnc(OCC(F)F)cc32)cc1. The molecule has 0 aliphatic carbocycles. The molecule has 0 bridgehead atoms. The number of pyridine rings is 1. The summed E-state index contributed by atoms with van der Waals surface area (Å²) in [6.07, 6.45) is 0.664. The van der Waals surface area contributed by atoms with Crippen molar-refractivity contribution in [2.45, 2.75) is 19.5 Å². The predicted octanol–water partition coefficient (Wildman–Crippen LogP) is 5.01. The number of ether oxygens (including phenoxy) is 3. The third-order valence-electron chi connectivity index (χ3n) is 5.87. The summed E-state index contributed by atoms with van der Waals surface area (Å²) in [6.45, 7) is 0.401. The number of rotatable bonds is 9. The van der Waals surface area contributed by atoms with E-state index in [0.29, 0.717) is 35.8 Å². The maximum absolute atomic E-state index is 14.0. The Labute approximate surface area is 216 Å². The van der Waals surface area contributed by atoms with E-state index < -0.39 is 26.1 Å². The van der Waals surface area contributed by atoms with Gasteiger partial charge in [-0.05, 0) is 42.5 Å². The molecule has 0 N–H and O–H groups in total. The molecule has 0 saturated heterocycles. The fourth-order valence-corrected chi connectivity index (χ4v) is 4.12. The number of aromatic nitrogens is 3. The van der Waals surface area contributed by atoms with Crippen LogP contribution in [0.4, 0.5) is 30.6 Å². The van der Waals surface area contributed by atoms with Crippen LogP contribution in [0.2, 0.25) is 0 Å². The van der Waals surface area contributed by atoms with Crippen molar-refractivity contribution in [1.82, 2.24) is 14.8 Å². The Morgan fingerprint density at radius 1 is 1.14 bits per heavy atom. The standard InChI is InChI=1S/C26H25F2N5O4/c1-35-10-9-31-14-17-11-20(5-8-22(17)30-31)32-15-18-13-29-25(37-16-24(27)28)12-23(18)33(26(32)34)19-3-6-21(36-2)7-4-19/h3-8,11-14,24H,9-10,15-16H2,1-2H3/i2D3. The molecule has 0 fully saturated rings. The zero-order chi connectivity index (χ0) is 28.4. The van der Waals surface area contributed by atoms with E-state index in [0.717, 1.165) is 10.9 Å². The number of anilines is 3. The van der Waals surface area contributed by atoms with E-state index in [1.807, 2.05) is 18.3 Å². The molecular formula is C26H25F2N5O4. The molecule has 0 atom stereocenters. The van der Waals surface area contributed by atoms with Crippen molar-refractivity contribution in [1.29, 1.82) is 0 Å². The van der Waals surface area contributed by atoms with Gasteiger partial charge in [0.15, 0.2) is 6.61 Å². The van der Waals surface area contributed by atoms with Gasteiger partial charge in [0.1, 0.15) is 5.75 Å². The summed E-state index contributed by atoms with van der Waals surface area (Å²) in [5.74, 6) is 0.0365. The summed E-state index contributed by atoms with van der Waals surface area (Å²) in [5, 5.41) is 5.35. The van der Waals surface area contributed by atoms with Gasteiger partial charge in [-0.25, -0.2) is 18.6 Å². The summed E-state index contributed by atoms with van der Waals surface area (Å²) >= 11 is 0. The number of amides is 2. The first-order chi connectivity index (χ1) is 19.1. The monoisotopic (exact) mass is 512 g/mol. The molecule has 2 aromatic heterocycles. The Kier molecular flexibility index (Phi) is 5.87. The van der Waals surface area contributed by atoms with E-state index in [9.17, 15) is 13.6 Å². The number of alkyl halides is 2. The summed E-state index contributed by atoms with van der Waals surface area (Å²) in [6, 6.07) is 12.4. The van der Waals surface area contributed by atoms with Gasteiger partial charge in [0.2, 0.25) is 5.88 Å². The van der Waals surface area contributed by atoms with E-state index in [1.165, 1.54) is 41.4 Å². The number of carbonyl (C=O) groups excluding carboxylic acids is 1. The Morgan fingerprint density at radius 3 is 2.70 bits per heavy atom. The second-order valence-electron chi connectivity index (χ2n) is 8.28. The molecule has 0 saturated carbocycles. The maximum atomic E-state index is 14.0. The Morgan fingerprint density at radius 2 is 1.95 bits per heavy atom. The van der Waals surface area contributed by atoms with Crippen LogP contribution in [-0.2, 0) is 17.8 Å². The van der Waals surface area contributed by atoms with Crippen LogP contribution in [0.1, 0.15) is 9.68 Å². The topological polar surface area (TPSA) is 82.0 Å². The van der Waals surface area contributed by atoms with Crippen molar-refractivity contribution in [3.63, 3.8) is 0 Å². The summed E-state index contributed by atoms with van der Waals surface area (Å²) in [5.41, 5.74) is 2.81. The Hall–Kier alpha value is -4.25. The van der Waals surface area contributed by atoms with E-state index in [2.05, 4.69) is 10.1 Å². The van der Waals surface area contributed by atoms with Crippen LogP contribution in [0.25, 0.3) is 10.9 Å². The minimum Gasteiger partial charge on any atom is -0.497 e. The first-order valence-corrected chi connectivity index (χ1v) is 11.4. The molecule has 4 aromatic rings. The molecule has 3 heterocycles. The van der Waals surface area contributed by atoms with E-state index >= 15 is 0 Å². The number of hydrogen-bond donors (Lipinski definition) is 0. The molecular weight excluding hydrogens is 484 g/mol. The number of nitrogens with zero attached hydrogens (tertiary/aromatic N) is 5. The third kappa shape index (κ3) is 5.03. The smallest absolute Gasteiger partial charge is 0.333 e. The predicted molar refractivity (Wildman–Crippen MR) is 134 cm³/mol. The second-order valence-corrected chi connectivity index (χ2v) is 8.28. The minimum absolute atomic E-state index is 0.0578. The van der Waals surface area contributed by atoms with Gasteiger partial charge in [-0.3, -0.25) is 14.5 Å². The highest BCUT2D eigenvalue weighted by molar-refractivity contribution is 6.11. The van der Waals surface area contributed by atoms with Gasteiger partial charge in [-0.2, -0.15) is 5.10 Å². The van der Waals surface area contributed by atoms with E-state index in [4.69, 9.17) is 18.3 Å². The number of hydrogen-bond acceptors (Lipinski definition) is 6. The van der Waals surface area contributed by atoms with Crippen LogP contribution in [-0.4, -0.2) is 54.6 Å². The molecule has 1 aliphatic rings. The summed E-state index contributed by atoms with van der Waals surface area (Å²) in [4.78, 5) is 21.1. The molecule has 5 rings (SSSR count). The number of benzene rings is 2. The number of methoxy groups -OCH3 is 2. The lowest BCUT2D eigenvalue weighted by molar-refractivity contribution is 0.0796. The van der Waals surface area contributed by atoms with Crippen LogP contribution < -0.4 is 19.3 Å². The number of fused-ring (bicyclic) bond motifs is 2. The zero-order valence-electron chi connectivity index (χ0n) is 22.8. The van der Waals surface area contributed by atoms with Crippen molar-refractivity contribution in [2.24, 2.45) is 0 Å². The van der Waals surface area contributed by atoms with E-state index in [1.54, 1.807) is 22.8 Å². The number of halogens is 2. The molecule has 11 heteroatoms. The fraction of sp³-hybridized carbons (Fsp3) is 0.269. The van der Waals surface area contributed by atoms with Crippen LogP contribution in [0.3, 0.4) is 0 Å². The largest absolute Gasteiger partial charge is 0.497 e. The van der Waals surface area contributed by atoms with Crippen molar-refractivity contribution in [3.05, 3.63) is 66.5 Å².